The summed E-state index contributed by atoms with van der Waals surface area (Å²) in [6.45, 7) is 4.56. The number of hydrogen-bond acceptors (Lipinski definition) is 2. The van der Waals surface area contributed by atoms with Crippen LogP contribution >= 0.6 is 0 Å². The van der Waals surface area contributed by atoms with Gasteiger partial charge in [-0.2, -0.15) is 0 Å². The van der Waals surface area contributed by atoms with Crippen LogP contribution in [0.5, 0.6) is 0 Å². The van der Waals surface area contributed by atoms with Gasteiger partial charge in [0.15, 0.2) is 0 Å². The third-order valence-corrected chi connectivity index (χ3v) is 1.68. The second-order valence-corrected chi connectivity index (χ2v) is 2.98. The van der Waals surface area contributed by atoms with Gasteiger partial charge in [0, 0.05) is 5.92 Å². The highest BCUT2D eigenvalue weighted by Crippen LogP contribution is 2.06. The summed E-state index contributed by atoms with van der Waals surface area (Å²) >= 11 is 0. The summed E-state index contributed by atoms with van der Waals surface area (Å²) in [7, 11) is 3.95. The van der Waals surface area contributed by atoms with Gasteiger partial charge < -0.3 is 10.6 Å². The minimum absolute atomic E-state index is 0.0580. The third kappa shape index (κ3) is 4.79. The Hall–Kier alpha value is -0.570. The van der Waals surface area contributed by atoms with Crippen molar-refractivity contribution in [2.45, 2.75) is 12.8 Å². The number of rotatable bonds is 5. The first-order valence-corrected chi connectivity index (χ1v) is 3.81. The molecule has 0 aromatic carbocycles. The molecule has 3 heteroatoms. The number of amides is 1. The SMILES string of the molecule is [CH2]CC(CCN(C)C)C(N)=O. The largest absolute Gasteiger partial charge is 0.369 e. The first kappa shape index (κ1) is 10.4. The zero-order valence-corrected chi connectivity index (χ0v) is 7.34. The fourth-order valence-corrected chi connectivity index (χ4v) is 0.843. The van der Waals surface area contributed by atoms with Crippen LogP contribution in [0.2, 0.25) is 0 Å². The fourth-order valence-electron chi connectivity index (χ4n) is 0.843. The summed E-state index contributed by atoms with van der Waals surface area (Å²) in [5.41, 5.74) is 5.14. The highest BCUT2D eigenvalue weighted by atomic mass is 16.1. The smallest absolute Gasteiger partial charge is 0.220 e. The first-order chi connectivity index (χ1) is 5.07. The van der Waals surface area contributed by atoms with Crippen LogP contribution in [0, 0.1) is 12.8 Å². The summed E-state index contributed by atoms with van der Waals surface area (Å²) in [5, 5.41) is 0. The van der Waals surface area contributed by atoms with E-state index < -0.39 is 0 Å². The van der Waals surface area contributed by atoms with Crippen LogP contribution in [0.4, 0.5) is 0 Å². The van der Waals surface area contributed by atoms with Crippen LogP contribution in [0.3, 0.4) is 0 Å². The molecule has 0 saturated carbocycles. The molecule has 0 spiro atoms. The van der Waals surface area contributed by atoms with Crippen molar-refractivity contribution in [2.24, 2.45) is 11.7 Å². The number of nitrogens with two attached hydrogens (primary N) is 1. The van der Waals surface area contributed by atoms with Crippen molar-refractivity contribution in [2.75, 3.05) is 20.6 Å². The lowest BCUT2D eigenvalue weighted by atomic mass is 10.0. The molecule has 11 heavy (non-hydrogen) atoms. The van der Waals surface area contributed by atoms with Gasteiger partial charge in [-0.3, -0.25) is 4.79 Å². The van der Waals surface area contributed by atoms with Crippen molar-refractivity contribution in [3.8, 4) is 0 Å². The van der Waals surface area contributed by atoms with Crippen molar-refractivity contribution in [1.29, 1.82) is 0 Å². The monoisotopic (exact) mass is 157 g/mol. The van der Waals surface area contributed by atoms with Gasteiger partial charge in [0.1, 0.15) is 0 Å². The molecule has 1 unspecified atom stereocenters. The summed E-state index contributed by atoms with van der Waals surface area (Å²) in [5.74, 6) is -0.292. The Kier molecular flexibility index (Phi) is 4.86. The van der Waals surface area contributed by atoms with E-state index in [2.05, 4.69) is 6.92 Å². The molecule has 0 fully saturated rings. The fraction of sp³-hybridized carbons (Fsp3) is 0.750. The molecule has 0 aromatic heterocycles. The zero-order chi connectivity index (χ0) is 8.85. The molecule has 0 aliphatic carbocycles. The lowest BCUT2D eigenvalue weighted by molar-refractivity contribution is -0.122. The van der Waals surface area contributed by atoms with Crippen LogP contribution in [0.1, 0.15) is 12.8 Å². The van der Waals surface area contributed by atoms with Crippen molar-refractivity contribution in [1.82, 2.24) is 4.90 Å². The molecule has 2 N–H and O–H groups in total. The molecule has 3 nitrogen and oxygen atoms in total. The predicted molar refractivity (Wildman–Crippen MR) is 45.8 cm³/mol. The second kappa shape index (κ2) is 5.13. The lowest BCUT2D eigenvalue weighted by Gasteiger charge is -2.14. The van der Waals surface area contributed by atoms with E-state index in [1.165, 1.54) is 0 Å². The average Bonchev–Trinajstić information content (AvgIpc) is 1.87. The van der Waals surface area contributed by atoms with Gasteiger partial charge in [-0.05, 0) is 33.5 Å². The maximum absolute atomic E-state index is 10.7. The van der Waals surface area contributed by atoms with E-state index in [9.17, 15) is 4.79 Å². The quantitative estimate of drug-likeness (QED) is 0.622. The number of nitrogens with zero attached hydrogens (tertiary/aromatic N) is 1. The Bertz CT molecular complexity index is 123. The van der Waals surface area contributed by atoms with E-state index in [1.807, 2.05) is 19.0 Å². The van der Waals surface area contributed by atoms with Crippen molar-refractivity contribution >= 4 is 5.91 Å². The Labute approximate surface area is 68.6 Å². The molecule has 0 bridgehead atoms. The Balaban J connectivity index is 3.61. The Morgan fingerprint density at radius 1 is 1.64 bits per heavy atom. The molecule has 1 amide bonds. The number of carbonyl (C=O) groups excluding carboxylic acids is 1. The van der Waals surface area contributed by atoms with Gasteiger partial charge in [-0.25, -0.2) is 0 Å². The maximum atomic E-state index is 10.7. The minimum Gasteiger partial charge on any atom is -0.369 e. The number of primary amides is 1. The van der Waals surface area contributed by atoms with Crippen molar-refractivity contribution < 1.29 is 4.79 Å². The zero-order valence-electron chi connectivity index (χ0n) is 7.34. The van der Waals surface area contributed by atoms with E-state index in [0.29, 0.717) is 6.42 Å². The molecule has 0 rings (SSSR count). The maximum Gasteiger partial charge on any atom is 0.220 e. The first-order valence-electron chi connectivity index (χ1n) is 3.81. The number of hydrogen-bond donors (Lipinski definition) is 1. The van der Waals surface area contributed by atoms with E-state index in [4.69, 9.17) is 5.73 Å². The summed E-state index contributed by atoms with van der Waals surface area (Å²) in [6.07, 6.45) is 1.41. The topological polar surface area (TPSA) is 46.3 Å². The van der Waals surface area contributed by atoms with E-state index in [1.54, 1.807) is 0 Å². The third-order valence-electron chi connectivity index (χ3n) is 1.68. The van der Waals surface area contributed by atoms with Crippen molar-refractivity contribution in [3.63, 3.8) is 0 Å². The molecule has 1 atom stereocenters. The number of carbonyl (C=O) groups is 1. The van der Waals surface area contributed by atoms with Crippen LogP contribution in [0.25, 0.3) is 0 Å². The van der Waals surface area contributed by atoms with E-state index >= 15 is 0 Å². The summed E-state index contributed by atoms with van der Waals surface area (Å²) in [4.78, 5) is 12.7. The second-order valence-electron chi connectivity index (χ2n) is 2.98. The predicted octanol–water partition coefficient (Wildman–Crippen LogP) is 0.264. The minimum atomic E-state index is -0.234. The van der Waals surface area contributed by atoms with Gasteiger partial charge in [-0.1, -0.05) is 6.92 Å². The van der Waals surface area contributed by atoms with E-state index in [-0.39, 0.29) is 11.8 Å². The van der Waals surface area contributed by atoms with Crippen molar-refractivity contribution in [3.05, 3.63) is 6.92 Å². The van der Waals surface area contributed by atoms with Gasteiger partial charge >= 0.3 is 0 Å². The average molecular weight is 157 g/mol. The molecular formula is C8H17N2O. The highest BCUT2D eigenvalue weighted by molar-refractivity contribution is 5.76. The molecule has 65 valence electrons. The molecule has 0 heterocycles. The molecule has 0 saturated heterocycles. The van der Waals surface area contributed by atoms with Crippen LogP contribution in [-0.2, 0) is 4.79 Å². The van der Waals surface area contributed by atoms with Gasteiger partial charge in [-0.15, -0.1) is 0 Å². The lowest BCUT2D eigenvalue weighted by Crippen LogP contribution is -2.26. The summed E-state index contributed by atoms with van der Waals surface area (Å²) < 4.78 is 0. The summed E-state index contributed by atoms with van der Waals surface area (Å²) in [6, 6.07) is 0. The normalized spacial score (nSPS) is 13.5. The molecule has 0 aliphatic heterocycles. The van der Waals surface area contributed by atoms with Crippen LogP contribution in [0.15, 0.2) is 0 Å². The van der Waals surface area contributed by atoms with Gasteiger partial charge in [0.2, 0.25) is 5.91 Å². The molecule has 0 aromatic rings. The highest BCUT2D eigenvalue weighted by Gasteiger charge is 2.11. The van der Waals surface area contributed by atoms with Crippen LogP contribution in [-0.4, -0.2) is 31.4 Å². The molecule has 1 radical (unpaired) electrons. The van der Waals surface area contributed by atoms with Gasteiger partial charge in [0.25, 0.3) is 0 Å². The standard InChI is InChI=1S/C8H17N2O/c1-4-7(8(9)11)5-6-10(2)3/h7H,1,4-6H2,2-3H3,(H2,9,11). The Morgan fingerprint density at radius 3 is 2.45 bits per heavy atom. The van der Waals surface area contributed by atoms with Gasteiger partial charge in [0.05, 0.1) is 0 Å². The molecular weight excluding hydrogens is 140 g/mol. The van der Waals surface area contributed by atoms with E-state index in [0.717, 1.165) is 13.0 Å². The molecule has 0 aliphatic rings. The Morgan fingerprint density at radius 2 is 2.18 bits per heavy atom. The van der Waals surface area contributed by atoms with Crippen LogP contribution < -0.4 is 5.73 Å².